The molecule has 0 spiro atoms. The Balaban J connectivity index is 1.82. The van der Waals surface area contributed by atoms with Crippen LogP contribution in [0.15, 0.2) is 47.6 Å². The summed E-state index contributed by atoms with van der Waals surface area (Å²) in [6, 6.07) is 12.4. The third-order valence-corrected chi connectivity index (χ3v) is 3.30. The Morgan fingerprint density at radius 2 is 1.72 bits per heavy atom. The highest BCUT2D eigenvalue weighted by Gasteiger charge is 2.04. The lowest BCUT2D eigenvalue weighted by molar-refractivity contribution is -0.123. The number of carbonyl (C=O) groups is 2. The number of esters is 1. The normalized spacial score (nSPS) is 10.5. The predicted octanol–water partition coefficient (Wildman–Crippen LogP) is 2.62. The first-order valence-corrected chi connectivity index (χ1v) is 7.69. The second-order valence-electron chi connectivity index (χ2n) is 5.52. The fraction of sp³-hybridized carbons (Fsp3) is 0.211. The van der Waals surface area contributed by atoms with E-state index >= 15 is 0 Å². The Labute approximate surface area is 146 Å². The molecule has 25 heavy (non-hydrogen) atoms. The van der Waals surface area contributed by atoms with Gasteiger partial charge in [-0.25, -0.2) is 10.2 Å². The van der Waals surface area contributed by atoms with E-state index in [2.05, 4.69) is 15.3 Å². The van der Waals surface area contributed by atoms with Gasteiger partial charge in [0.05, 0.1) is 18.9 Å². The molecule has 0 aromatic heterocycles. The van der Waals surface area contributed by atoms with Crippen LogP contribution in [0, 0.1) is 13.8 Å². The molecule has 0 bridgehead atoms. The van der Waals surface area contributed by atoms with Gasteiger partial charge in [-0.05, 0) is 54.8 Å². The maximum Gasteiger partial charge on any atom is 0.337 e. The molecule has 6 heteroatoms. The first kappa shape index (κ1) is 18.2. The molecule has 0 atom stereocenters. The third-order valence-electron chi connectivity index (χ3n) is 3.30. The summed E-state index contributed by atoms with van der Waals surface area (Å²) < 4.78 is 10.1. The zero-order chi connectivity index (χ0) is 18.2. The van der Waals surface area contributed by atoms with Gasteiger partial charge in [0, 0.05) is 0 Å². The van der Waals surface area contributed by atoms with E-state index < -0.39 is 5.97 Å². The number of hydrazone groups is 1. The fourth-order valence-corrected chi connectivity index (χ4v) is 2.20. The lowest BCUT2D eigenvalue weighted by Crippen LogP contribution is -2.24. The minimum atomic E-state index is -0.402. The van der Waals surface area contributed by atoms with Crippen molar-refractivity contribution in [2.45, 2.75) is 13.8 Å². The maximum absolute atomic E-state index is 11.7. The highest BCUT2D eigenvalue weighted by Crippen LogP contribution is 2.15. The summed E-state index contributed by atoms with van der Waals surface area (Å²) >= 11 is 0. The van der Waals surface area contributed by atoms with Gasteiger partial charge in [0.15, 0.2) is 6.61 Å². The average molecular weight is 340 g/mol. The number of ether oxygens (including phenoxy) is 2. The topological polar surface area (TPSA) is 77.0 Å². The lowest BCUT2D eigenvalue weighted by Gasteiger charge is -2.07. The van der Waals surface area contributed by atoms with Crippen LogP contribution in [0.2, 0.25) is 0 Å². The summed E-state index contributed by atoms with van der Waals surface area (Å²) in [7, 11) is 1.33. The lowest BCUT2D eigenvalue weighted by atomic mass is 10.1. The predicted molar refractivity (Wildman–Crippen MR) is 94.9 cm³/mol. The summed E-state index contributed by atoms with van der Waals surface area (Å²) in [6.07, 6.45) is 1.48. The van der Waals surface area contributed by atoms with E-state index in [-0.39, 0.29) is 12.5 Å². The van der Waals surface area contributed by atoms with Gasteiger partial charge in [-0.1, -0.05) is 18.2 Å². The molecular weight excluding hydrogens is 320 g/mol. The first-order valence-electron chi connectivity index (χ1n) is 7.69. The molecule has 0 aliphatic heterocycles. The van der Waals surface area contributed by atoms with Crippen molar-refractivity contribution in [3.63, 3.8) is 0 Å². The summed E-state index contributed by atoms with van der Waals surface area (Å²) in [4.78, 5) is 23.1. The van der Waals surface area contributed by atoms with Crippen molar-refractivity contribution in [2.24, 2.45) is 5.10 Å². The molecule has 0 aliphatic carbocycles. The Morgan fingerprint density at radius 3 is 2.32 bits per heavy atom. The zero-order valence-corrected chi connectivity index (χ0v) is 14.4. The second-order valence-corrected chi connectivity index (χ2v) is 5.52. The number of aryl methyl sites for hydroxylation is 2. The molecular formula is C19H20N2O4. The van der Waals surface area contributed by atoms with E-state index in [0.717, 1.165) is 16.7 Å². The van der Waals surface area contributed by atoms with Crippen LogP contribution in [0.4, 0.5) is 0 Å². The molecule has 0 aliphatic rings. The molecule has 0 saturated carbocycles. The first-order chi connectivity index (χ1) is 12.0. The number of methoxy groups -OCH3 is 1. The molecule has 0 radical (unpaired) electrons. The smallest absolute Gasteiger partial charge is 0.337 e. The van der Waals surface area contributed by atoms with Crippen LogP contribution in [0.25, 0.3) is 0 Å². The van der Waals surface area contributed by atoms with Crippen molar-refractivity contribution in [1.29, 1.82) is 0 Å². The molecule has 1 amide bonds. The van der Waals surface area contributed by atoms with Crippen LogP contribution in [-0.2, 0) is 9.53 Å². The number of amides is 1. The van der Waals surface area contributed by atoms with Crippen LogP contribution in [-0.4, -0.2) is 31.8 Å². The Bertz CT molecular complexity index is 762. The Hall–Kier alpha value is -3.15. The van der Waals surface area contributed by atoms with E-state index in [9.17, 15) is 9.59 Å². The summed E-state index contributed by atoms with van der Waals surface area (Å²) in [5.41, 5.74) is 5.73. The SMILES string of the molecule is COC(=O)c1ccc(C=NNC(=O)COc2cc(C)cc(C)c2)cc1. The molecule has 2 rings (SSSR count). The van der Waals surface area contributed by atoms with Gasteiger partial charge < -0.3 is 9.47 Å². The summed E-state index contributed by atoms with van der Waals surface area (Å²) in [5, 5.41) is 3.86. The molecule has 0 heterocycles. The Morgan fingerprint density at radius 1 is 1.08 bits per heavy atom. The number of rotatable bonds is 6. The number of nitrogens with one attached hydrogen (secondary N) is 1. The van der Waals surface area contributed by atoms with Crippen LogP contribution in [0.5, 0.6) is 5.75 Å². The van der Waals surface area contributed by atoms with Crippen molar-refractivity contribution >= 4 is 18.1 Å². The van der Waals surface area contributed by atoms with Crippen LogP contribution >= 0.6 is 0 Å². The fourth-order valence-electron chi connectivity index (χ4n) is 2.20. The van der Waals surface area contributed by atoms with Crippen molar-refractivity contribution < 1.29 is 19.1 Å². The average Bonchev–Trinajstić information content (AvgIpc) is 2.59. The zero-order valence-electron chi connectivity index (χ0n) is 14.4. The van der Waals surface area contributed by atoms with Crippen LogP contribution < -0.4 is 10.2 Å². The number of hydrogen-bond donors (Lipinski definition) is 1. The van der Waals surface area contributed by atoms with E-state index in [1.165, 1.54) is 13.3 Å². The van der Waals surface area contributed by atoms with Gasteiger partial charge >= 0.3 is 5.97 Å². The quantitative estimate of drug-likeness (QED) is 0.498. The number of carbonyl (C=O) groups excluding carboxylic acids is 2. The number of nitrogens with zero attached hydrogens (tertiary/aromatic N) is 1. The van der Waals surface area contributed by atoms with E-state index in [4.69, 9.17) is 4.74 Å². The minimum absolute atomic E-state index is 0.124. The highest BCUT2D eigenvalue weighted by atomic mass is 16.5. The Kier molecular flexibility index (Phi) is 6.28. The molecule has 1 N–H and O–H groups in total. The molecule has 130 valence electrons. The number of hydrogen-bond acceptors (Lipinski definition) is 5. The molecule has 0 fully saturated rings. The van der Waals surface area contributed by atoms with Crippen molar-refractivity contribution in [3.05, 3.63) is 64.7 Å². The standard InChI is InChI=1S/C19H20N2O4/c1-13-8-14(2)10-17(9-13)25-12-18(22)21-20-11-15-4-6-16(7-5-15)19(23)24-3/h4-11H,12H2,1-3H3,(H,21,22). The highest BCUT2D eigenvalue weighted by molar-refractivity contribution is 5.90. The third kappa shape index (κ3) is 5.76. The molecule has 2 aromatic carbocycles. The van der Waals surface area contributed by atoms with Gasteiger partial charge in [0.25, 0.3) is 5.91 Å². The van der Waals surface area contributed by atoms with Crippen molar-refractivity contribution in [3.8, 4) is 5.75 Å². The second kappa shape index (κ2) is 8.63. The van der Waals surface area contributed by atoms with Crippen LogP contribution in [0.1, 0.15) is 27.0 Å². The summed E-state index contributed by atoms with van der Waals surface area (Å²) in [6.45, 7) is 3.81. The molecule has 0 unspecified atom stereocenters. The number of benzene rings is 2. The monoisotopic (exact) mass is 340 g/mol. The minimum Gasteiger partial charge on any atom is -0.484 e. The van der Waals surface area contributed by atoms with Gasteiger partial charge in [0.1, 0.15) is 5.75 Å². The maximum atomic E-state index is 11.7. The van der Waals surface area contributed by atoms with Crippen LogP contribution in [0.3, 0.4) is 0 Å². The van der Waals surface area contributed by atoms with Gasteiger partial charge in [-0.3, -0.25) is 4.79 Å². The van der Waals surface area contributed by atoms with Gasteiger partial charge in [0.2, 0.25) is 0 Å². The van der Waals surface area contributed by atoms with Crippen molar-refractivity contribution in [2.75, 3.05) is 13.7 Å². The van der Waals surface area contributed by atoms with E-state index in [1.807, 2.05) is 32.0 Å². The molecule has 0 saturated heterocycles. The van der Waals surface area contributed by atoms with Gasteiger partial charge in [-0.2, -0.15) is 5.10 Å². The molecule has 6 nitrogen and oxygen atoms in total. The van der Waals surface area contributed by atoms with E-state index in [1.54, 1.807) is 24.3 Å². The summed E-state index contributed by atoms with van der Waals surface area (Å²) in [5.74, 6) is -0.114. The largest absolute Gasteiger partial charge is 0.484 e. The van der Waals surface area contributed by atoms with E-state index in [0.29, 0.717) is 11.3 Å². The van der Waals surface area contributed by atoms with Gasteiger partial charge in [-0.15, -0.1) is 0 Å². The molecule has 2 aromatic rings. The van der Waals surface area contributed by atoms with Crippen molar-refractivity contribution in [1.82, 2.24) is 5.43 Å².